The van der Waals surface area contributed by atoms with Crippen molar-refractivity contribution < 1.29 is 14.4 Å². The number of nitrogens with zero attached hydrogens (tertiary/aromatic N) is 4. The molecule has 0 radical (unpaired) electrons. The van der Waals surface area contributed by atoms with Crippen LogP contribution in [0.5, 0.6) is 0 Å². The summed E-state index contributed by atoms with van der Waals surface area (Å²) in [6.07, 6.45) is 3.64. The molecule has 7 heteroatoms. The van der Waals surface area contributed by atoms with Crippen LogP contribution in [0.2, 0.25) is 0 Å². The summed E-state index contributed by atoms with van der Waals surface area (Å²) < 4.78 is 1.71. The highest BCUT2D eigenvalue weighted by atomic mass is 16.2. The summed E-state index contributed by atoms with van der Waals surface area (Å²) in [7, 11) is 1.84. The second-order valence-electron chi connectivity index (χ2n) is 7.77. The second kappa shape index (κ2) is 8.55. The molecular formula is C24H24N4O3. The van der Waals surface area contributed by atoms with Gasteiger partial charge in [-0.05, 0) is 24.6 Å². The largest absolute Gasteiger partial charge is 0.335 e. The number of rotatable bonds is 4. The molecule has 1 aliphatic rings. The lowest BCUT2D eigenvalue weighted by Gasteiger charge is -2.39. The molecule has 1 aliphatic heterocycles. The van der Waals surface area contributed by atoms with Crippen molar-refractivity contribution in [1.29, 1.82) is 0 Å². The van der Waals surface area contributed by atoms with Gasteiger partial charge in [0.15, 0.2) is 0 Å². The Morgan fingerprint density at radius 1 is 0.903 bits per heavy atom. The molecule has 0 aliphatic carbocycles. The summed E-state index contributed by atoms with van der Waals surface area (Å²) in [4.78, 5) is 41.6. The molecule has 7 nitrogen and oxygen atoms in total. The first-order valence-electron chi connectivity index (χ1n) is 10.2. The number of carbonyl (C=O) groups is 3. The summed E-state index contributed by atoms with van der Waals surface area (Å²) >= 11 is 0. The minimum Gasteiger partial charge on any atom is -0.335 e. The molecular weight excluding hydrogens is 392 g/mol. The Morgan fingerprint density at radius 2 is 1.61 bits per heavy atom. The number of aromatic nitrogens is 2. The molecule has 1 atom stereocenters. The molecule has 2 amide bonds. The molecule has 1 fully saturated rings. The Labute approximate surface area is 180 Å². The van der Waals surface area contributed by atoms with E-state index in [1.165, 1.54) is 0 Å². The molecule has 158 valence electrons. The van der Waals surface area contributed by atoms with Crippen molar-refractivity contribution in [3.05, 3.63) is 78.1 Å². The van der Waals surface area contributed by atoms with Gasteiger partial charge in [0.1, 0.15) is 0 Å². The van der Waals surface area contributed by atoms with Crippen molar-refractivity contribution in [1.82, 2.24) is 19.6 Å². The standard InChI is InChI=1S/C24H24N4O3/c1-17-15-27(23(30)20-6-4-3-5-7-20)12-13-28(17)24(31)22(29)19-10-8-18(9-11-19)21-14-25-26(2)16-21/h3-11,14,16-17H,12-13,15H2,1-2H3. The zero-order valence-corrected chi connectivity index (χ0v) is 17.6. The van der Waals surface area contributed by atoms with Crippen LogP contribution >= 0.6 is 0 Å². The average molecular weight is 416 g/mol. The predicted octanol–water partition coefficient (Wildman–Crippen LogP) is 2.64. The van der Waals surface area contributed by atoms with E-state index in [0.717, 1.165) is 11.1 Å². The fourth-order valence-electron chi connectivity index (χ4n) is 3.85. The SMILES string of the molecule is CC1CN(C(=O)c2ccccc2)CCN1C(=O)C(=O)c1ccc(-c2cnn(C)c2)cc1. The van der Waals surface area contributed by atoms with Crippen LogP contribution in [0, 0.1) is 0 Å². The zero-order chi connectivity index (χ0) is 22.0. The molecule has 4 rings (SSSR count). The molecule has 0 saturated carbocycles. The van der Waals surface area contributed by atoms with Crippen LogP contribution in [0.1, 0.15) is 27.6 Å². The monoisotopic (exact) mass is 416 g/mol. The number of Topliss-reactive ketones (excluding diaryl/α,β-unsaturated/α-hetero) is 1. The predicted molar refractivity (Wildman–Crippen MR) is 116 cm³/mol. The molecule has 1 saturated heterocycles. The smallest absolute Gasteiger partial charge is 0.295 e. The van der Waals surface area contributed by atoms with E-state index in [1.54, 1.807) is 44.9 Å². The van der Waals surface area contributed by atoms with Crippen LogP contribution in [-0.2, 0) is 11.8 Å². The average Bonchev–Trinajstić information content (AvgIpc) is 3.24. The van der Waals surface area contributed by atoms with E-state index in [-0.39, 0.29) is 11.9 Å². The third-order valence-corrected chi connectivity index (χ3v) is 5.58. The number of amides is 2. The zero-order valence-electron chi connectivity index (χ0n) is 17.6. The minimum atomic E-state index is -0.535. The molecule has 0 spiro atoms. The number of piperazine rings is 1. The summed E-state index contributed by atoms with van der Waals surface area (Å²) in [5, 5.41) is 4.15. The van der Waals surface area contributed by atoms with Crippen LogP contribution in [0.15, 0.2) is 67.0 Å². The van der Waals surface area contributed by atoms with Crippen molar-refractivity contribution in [2.75, 3.05) is 19.6 Å². The summed E-state index contributed by atoms with van der Waals surface area (Å²) in [5.41, 5.74) is 2.85. The summed E-state index contributed by atoms with van der Waals surface area (Å²) in [6.45, 7) is 2.99. The fraction of sp³-hybridized carbons (Fsp3) is 0.250. The quantitative estimate of drug-likeness (QED) is 0.484. The number of hydrogen-bond donors (Lipinski definition) is 0. The Hall–Kier alpha value is -3.74. The minimum absolute atomic E-state index is 0.0585. The molecule has 0 bridgehead atoms. The van der Waals surface area contributed by atoms with E-state index in [4.69, 9.17) is 0 Å². The molecule has 31 heavy (non-hydrogen) atoms. The van der Waals surface area contributed by atoms with E-state index < -0.39 is 11.7 Å². The van der Waals surface area contributed by atoms with Crippen LogP contribution in [0.3, 0.4) is 0 Å². The molecule has 3 aromatic rings. The van der Waals surface area contributed by atoms with Gasteiger partial charge >= 0.3 is 0 Å². The van der Waals surface area contributed by atoms with E-state index in [2.05, 4.69) is 5.10 Å². The molecule has 2 heterocycles. The van der Waals surface area contributed by atoms with Crippen molar-refractivity contribution >= 4 is 17.6 Å². The Bertz CT molecular complexity index is 1110. The lowest BCUT2D eigenvalue weighted by atomic mass is 10.0. The highest BCUT2D eigenvalue weighted by Gasteiger charge is 2.33. The van der Waals surface area contributed by atoms with Gasteiger partial charge < -0.3 is 9.80 Å². The molecule has 2 aromatic carbocycles. The molecule has 1 unspecified atom stereocenters. The third kappa shape index (κ3) is 4.26. The van der Waals surface area contributed by atoms with Gasteiger partial charge in [0.2, 0.25) is 5.78 Å². The maximum Gasteiger partial charge on any atom is 0.295 e. The van der Waals surface area contributed by atoms with Crippen molar-refractivity contribution in [3.8, 4) is 11.1 Å². The topological polar surface area (TPSA) is 75.5 Å². The number of hydrogen-bond acceptors (Lipinski definition) is 4. The number of carbonyl (C=O) groups excluding carboxylic acids is 3. The van der Waals surface area contributed by atoms with E-state index in [1.807, 2.05) is 50.5 Å². The van der Waals surface area contributed by atoms with Crippen molar-refractivity contribution in [3.63, 3.8) is 0 Å². The maximum atomic E-state index is 12.9. The first kappa shape index (κ1) is 20.5. The first-order chi connectivity index (χ1) is 14.9. The number of aryl methyl sites for hydroxylation is 1. The summed E-state index contributed by atoms with van der Waals surface area (Å²) in [6, 6.07) is 15.8. The van der Waals surface area contributed by atoms with E-state index >= 15 is 0 Å². The fourth-order valence-corrected chi connectivity index (χ4v) is 3.85. The van der Waals surface area contributed by atoms with Crippen LogP contribution in [0.25, 0.3) is 11.1 Å². The Morgan fingerprint density at radius 3 is 2.23 bits per heavy atom. The lowest BCUT2D eigenvalue weighted by Crippen LogP contribution is -2.56. The van der Waals surface area contributed by atoms with Crippen LogP contribution in [0.4, 0.5) is 0 Å². The second-order valence-corrected chi connectivity index (χ2v) is 7.77. The van der Waals surface area contributed by atoms with Gasteiger partial charge in [0, 0.05) is 55.6 Å². The Balaban J connectivity index is 1.41. The molecule has 0 N–H and O–H groups in total. The van der Waals surface area contributed by atoms with Crippen LogP contribution in [-0.4, -0.2) is 62.9 Å². The van der Waals surface area contributed by atoms with Gasteiger partial charge in [0.25, 0.3) is 11.8 Å². The van der Waals surface area contributed by atoms with Crippen molar-refractivity contribution in [2.45, 2.75) is 13.0 Å². The van der Waals surface area contributed by atoms with Crippen LogP contribution < -0.4 is 0 Å². The summed E-state index contributed by atoms with van der Waals surface area (Å²) in [5.74, 6) is -1.13. The van der Waals surface area contributed by atoms with Gasteiger partial charge in [-0.2, -0.15) is 5.10 Å². The van der Waals surface area contributed by atoms with E-state index in [9.17, 15) is 14.4 Å². The first-order valence-corrected chi connectivity index (χ1v) is 10.2. The van der Waals surface area contributed by atoms with Gasteiger partial charge in [-0.25, -0.2) is 0 Å². The van der Waals surface area contributed by atoms with Gasteiger partial charge in [-0.3, -0.25) is 19.1 Å². The highest BCUT2D eigenvalue weighted by Crippen LogP contribution is 2.20. The maximum absolute atomic E-state index is 12.9. The van der Waals surface area contributed by atoms with Gasteiger partial charge in [0.05, 0.1) is 6.20 Å². The number of ketones is 1. The lowest BCUT2D eigenvalue weighted by molar-refractivity contribution is -0.130. The normalized spacial score (nSPS) is 16.3. The highest BCUT2D eigenvalue weighted by molar-refractivity contribution is 6.42. The van der Waals surface area contributed by atoms with Gasteiger partial charge in [-0.1, -0.05) is 42.5 Å². The van der Waals surface area contributed by atoms with Gasteiger partial charge in [-0.15, -0.1) is 0 Å². The van der Waals surface area contributed by atoms with Crippen molar-refractivity contribution in [2.24, 2.45) is 7.05 Å². The Kier molecular flexibility index (Phi) is 5.66. The third-order valence-electron chi connectivity index (χ3n) is 5.58. The van der Waals surface area contributed by atoms with E-state index in [0.29, 0.717) is 30.8 Å². The molecule has 1 aromatic heterocycles. The number of benzene rings is 2.